The van der Waals surface area contributed by atoms with Crippen molar-refractivity contribution in [3.63, 3.8) is 0 Å². The van der Waals surface area contributed by atoms with Crippen LogP contribution in [-0.2, 0) is 16.6 Å². The van der Waals surface area contributed by atoms with Crippen LogP contribution in [0.4, 0.5) is 5.82 Å². The maximum absolute atomic E-state index is 12.5. The molecule has 1 aliphatic heterocycles. The minimum atomic E-state index is -0.785. The number of carbonyl (C=O) groups is 2. The van der Waals surface area contributed by atoms with Gasteiger partial charge in [0.05, 0.1) is 0 Å². The number of carbonyl (C=O) groups excluding carboxylic acids is 2. The fourth-order valence-electron chi connectivity index (χ4n) is 2.29. The second kappa shape index (κ2) is 4.44. The summed E-state index contributed by atoms with van der Waals surface area (Å²) in [6.45, 7) is 3.85. The first-order valence-electron chi connectivity index (χ1n) is 6.15. The molecule has 0 unspecified atom stereocenters. The minimum absolute atomic E-state index is 0.0393. The summed E-state index contributed by atoms with van der Waals surface area (Å²) in [5.74, 6) is 0.318. The Labute approximate surface area is 106 Å². The Morgan fingerprint density at radius 1 is 1.39 bits per heavy atom. The van der Waals surface area contributed by atoms with Gasteiger partial charge < -0.3 is 5.32 Å². The number of nitrogens with zero attached hydrogens (tertiary/aromatic N) is 3. The topological polar surface area (TPSA) is 67.2 Å². The van der Waals surface area contributed by atoms with Gasteiger partial charge in [0.25, 0.3) is 5.91 Å². The third-order valence-corrected chi connectivity index (χ3v) is 3.52. The van der Waals surface area contributed by atoms with Gasteiger partial charge in [-0.05, 0) is 12.8 Å². The van der Waals surface area contributed by atoms with Crippen molar-refractivity contribution in [2.45, 2.75) is 32.2 Å². The molecule has 2 rings (SSSR count). The molecule has 98 valence electrons. The van der Waals surface area contributed by atoms with E-state index in [1.165, 1.54) is 4.90 Å². The zero-order valence-electron chi connectivity index (χ0n) is 10.9. The molecule has 0 saturated carbocycles. The van der Waals surface area contributed by atoms with Crippen molar-refractivity contribution in [3.8, 4) is 0 Å². The fourth-order valence-corrected chi connectivity index (χ4v) is 2.29. The van der Waals surface area contributed by atoms with Crippen molar-refractivity contribution in [2.75, 3.05) is 11.4 Å². The monoisotopic (exact) mass is 250 g/mol. The smallest absolute Gasteiger partial charge is 0.254 e. The molecule has 1 fully saturated rings. The summed E-state index contributed by atoms with van der Waals surface area (Å²) >= 11 is 0. The highest BCUT2D eigenvalue weighted by Crippen LogP contribution is 2.25. The predicted octanol–water partition coefficient (Wildman–Crippen LogP) is 0.442. The van der Waals surface area contributed by atoms with E-state index in [2.05, 4.69) is 10.4 Å². The van der Waals surface area contributed by atoms with Crippen molar-refractivity contribution < 1.29 is 9.59 Å². The maximum Gasteiger partial charge on any atom is 0.254 e. The van der Waals surface area contributed by atoms with Crippen LogP contribution in [0.25, 0.3) is 0 Å². The number of rotatable bonds is 3. The molecule has 1 saturated heterocycles. The van der Waals surface area contributed by atoms with Gasteiger partial charge in [0.2, 0.25) is 5.91 Å². The molecule has 0 aromatic carbocycles. The lowest BCUT2D eigenvalue weighted by molar-refractivity contribution is -0.136. The van der Waals surface area contributed by atoms with Gasteiger partial charge >= 0.3 is 0 Å². The summed E-state index contributed by atoms with van der Waals surface area (Å²) in [6.07, 6.45) is 2.92. The van der Waals surface area contributed by atoms with Crippen LogP contribution in [0.5, 0.6) is 0 Å². The van der Waals surface area contributed by atoms with E-state index in [0.717, 1.165) is 0 Å². The van der Waals surface area contributed by atoms with Gasteiger partial charge in [-0.2, -0.15) is 5.10 Å². The van der Waals surface area contributed by atoms with E-state index >= 15 is 0 Å². The molecule has 0 radical (unpaired) electrons. The zero-order valence-corrected chi connectivity index (χ0v) is 10.9. The van der Waals surface area contributed by atoms with Crippen LogP contribution in [0.3, 0.4) is 0 Å². The summed E-state index contributed by atoms with van der Waals surface area (Å²) in [7, 11) is 1.78. The standard InChI is InChI=1S/C12H18N4O2/c1-4-12(5-2)11(18)16(8-10(17)13-12)9-6-7-15(3)14-9/h6-7H,4-5,8H2,1-3H3,(H,13,17). The number of piperazine rings is 1. The first-order chi connectivity index (χ1) is 8.52. The van der Waals surface area contributed by atoms with E-state index in [1.807, 2.05) is 13.8 Å². The lowest BCUT2D eigenvalue weighted by Crippen LogP contribution is -2.66. The molecule has 0 bridgehead atoms. The Morgan fingerprint density at radius 3 is 2.56 bits per heavy atom. The predicted molar refractivity (Wildman–Crippen MR) is 67.0 cm³/mol. The summed E-state index contributed by atoms with van der Waals surface area (Å²) < 4.78 is 1.62. The second-order valence-electron chi connectivity index (χ2n) is 4.58. The Morgan fingerprint density at radius 2 is 2.06 bits per heavy atom. The average molecular weight is 250 g/mol. The van der Waals surface area contributed by atoms with Crippen molar-refractivity contribution in [3.05, 3.63) is 12.3 Å². The number of hydrogen-bond donors (Lipinski definition) is 1. The highest BCUT2D eigenvalue weighted by molar-refractivity contribution is 6.08. The third kappa shape index (κ3) is 1.87. The van der Waals surface area contributed by atoms with Gasteiger partial charge in [0.15, 0.2) is 5.82 Å². The molecule has 1 aromatic heterocycles. The largest absolute Gasteiger partial charge is 0.340 e. The van der Waals surface area contributed by atoms with Crippen LogP contribution in [-0.4, -0.2) is 33.7 Å². The third-order valence-electron chi connectivity index (χ3n) is 3.52. The Kier molecular flexibility index (Phi) is 3.11. The lowest BCUT2D eigenvalue weighted by atomic mass is 9.89. The van der Waals surface area contributed by atoms with Crippen LogP contribution in [0.2, 0.25) is 0 Å². The summed E-state index contributed by atoms with van der Waals surface area (Å²) in [5.41, 5.74) is -0.785. The Bertz CT molecular complexity index is 476. The van der Waals surface area contributed by atoms with Gasteiger partial charge in [-0.15, -0.1) is 0 Å². The van der Waals surface area contributed by atoms with Crippen LogP contribution < -0.4 is 10.2 Å². The van der Waals surface area contributed by atoms with Crippen molar-refractivity contribution in [1.29, 1.82) is 0 Å². The van der Waals surface area contributed by atoms with Crippen LogP contribution in [0.15, 0.2) is 12.3 Å². The zero-order chi connectivity index (χ0) is 13.3. The van der Waals surface area contributed by atoms with Gasteiger partial charge in [-0.1, -0.05) is 13.8 Å². The first-order valence-corrected chi connectivity index (χ1v) is 6.15. The van der Waals surface area contributed by atoms with E-state index in [0.29, 0.717) is 18.7 Å². The highest BCUT2D eigenvalue weighted by atomic mass is 16.2. The molecule has 2 amide bonds. The Balaban J connectivity index is 2.36. The van der Waals surface area contributed by atoms with Crippen LogP contribution in [0.1, 0.15) is 26.7 Å². The van der Waals surface area contributed by atoms with Gasteiger partial charge in [-0.25, -0.2) is 0 Å². The van der Waals surface area contributed by atoms with Crippen LogP contribution in [0, 0.1) is 0 Å². The molecular formula is C12H18N4O2. The summed E-state index contributed by atoms with van der Waals surface area (Å²) in [6, 6.07) is 1.74. The van der Waals surface area contributed by atoms with Crippen molar-refractivity contribution in [1.82, 2.24) is 15.1 Å². The summed E-state index contributed by atoms with van der Waals surface area (Å²) in [4.78, 5) is 25.8. The van der Waals surface area contributed by atoms with E-state index in [9.17, 15) is 9.59 Å². The van der Waals surface area contributed by atoms with E-state index in [4.69, 9.17) is 0 Å². The second-order valence-corrected chi connectivity index (χ2v) is 4.58. The normalized spacial score (nSPS) is 18.9. The molecule has 6 heteroatoms. The maximum atomic E-state index is 12.5. The number of anilines is 1. The number of nitrogens with one attached hydrogen (secondary N) is 1. The van der Waals surface area contributed by atoms with Crippen LogP contribution >= 0.6 is 0 Å². The number of aryl methyl sites for hydroxylation is 1. The molecule has 1 aromatic rings. The van der Waals surface area contributed by atoms with Gasteiger partial charge in [0, 0.05) is 19.3 Å². The molecular weight excluding hydrogens is 232 g/mol. The molecule has 6 nitrogen and oxygen atoms in total. The molecule has 0 atom stereocenters. The molecule has 1 aliphatic rings. The lowest BCUT2D eigenvalue weighted by Gasteiger charge is -2.40. The Hall–Kier alpha value is -1.85. The molecule has 2 heterocycles. The molecule has 0 aliphatic carbocycles. The molecule has 18 heavy (non-hydrogen) atoms. The van der Waals surface area contributed by atoms with Gasteiger partial charge in [0.1, 0.15) is 12.1 Å². The quantitative estimate of drug-likeness (QED) is 0.846. The number of hydrogen-bond acceptors (Lipinski definition) is 3. The number of aromatic nitrogens is 2. The highest BCUT2D eigenvalue weighted by Gasteiger charge is 2.45. The van der Waals surface area contributed by atoms with E-state index in [-0.39, 0.29) is 18.4 Å². The van der Waals surface area contributed by atoms with E-state index < -0.39 is 5.54 Å². The fraction of sp³-hybridized carbons (Fsp3) is 0.583. The molecule has 1 N–H and O–H groups in total. The SMILES string of the molecule is CCC1(CC)NC(=O)CN(c2ccn(C)n2)C1=O. The van der Waals surface area contributed by atoms with E-state index in [1.54, 1.807) is 24.0 Å². The first kappa shape index (κ1) is 12.6. The average Bonchev–Trinajstić information content (AvgIpc) is 2.78. The minimum Gasteiger partial charge on any atom is -0.340 e. The van der Waals surface area contributed by atoms with Crippen molar-refractivity contribution in [2.24, 2.45) is 7.05 Å². The van der Waals surface area contributed by atoms with Crippen molar-refractivity contribution >= 4 is 17.6 Å². The van der Waals surface area contributed by atoms with Gasteiger partial charge in [-0.3, -0.25) is 19.2 Å². The molecule has 0 spiro atoms. The number of amides is 2. The summed E-state index contributed by atoms with van der Waals surface area (Å²) in [5, 5.41) is 7.02.